The van der Waals surface area contributed by atoms with Crippen molar-refractivity contribution in [2.45, 2.75) is 25.2 Å². The standard InChI is InChI=1S/C25H27ClN2O7/c1-13(2)25(23(30)34-7)27-21(14-10-18(31-4)20(33-6)19(11-14)32-5)24(35-25)16-12-15(26)8-9-17(16)28(3)22(24)29/h8-13H,1-7H3/t24-,25-/m0/s1. The maximum absolute atomic E-state index is 14.0. The van der Waals surface area contributed by atoms with Crippen LogP contribution in [0.3, 0.4) is 0 Å². The number of methoxy groups -OCH3 is 4. The Kier molecular flexibility index (Phi) is 6.19. The van der Waals surface area contributed by atoms with E-state index in [1.807, 2.05) is 0 Å². The molecular weight excluding hydrogens is 476 g/mol. The van der Waals surface area contributed by atoms with Crippen molar-refractivity contribution in [3.05, 3.63) is 46.5 Å². The van der Waals surface area contributed by atoms with Crippen molar-refractivity contribution in [1.82, 2.24) is 0 Å². The quantitative estimate of drug-likeness (QED) is 0.557. The summed E-state index contributed by atoms with van der Waals surface area (Å²) >= 11 is 6.36. The molecule has 2 heterocycles. The van der Waals surface area contributed by atoms with Gasteiger partial charge in [-0.15, -0.1) is 0 Å². The molecule has 186 valence electrons. The Labute approximate surface area is 208 Å². The van der Waals surface area contributed by atoms with Gasteiger partial charge in [0, 0.05) is 29.1 Å². The van der Waals surface area contributed by atoms with E-state index in [0.29, 0.717) is 39.1 Å². The smallest absolute Gasteiger partial charge is 0.361 e. The van der Waals surface area contributed by atoms with Crippen LogP contribution in [-0.4, -0.2) is 58.8 Å². The van der Waals surface area contributed by atoms with Crippen LogP contribution in [0, 0.1) is 5.92 Å². The number of anilines is 1. The van der Waals surface area contributed by atoms with Crippen molar-refractivity contribution < 1.29 is 33.3 Å². The van der Waals surface area contributed by atoms with E-state index in [0.717, 1.165) is 0 Å². The van der Waals surface area contributed by atoms with Crippen molar-refractivity contribution >= 4 is 34.9 Å². The fraction of sp³-hybridized carbons (Fsp3) is 0.400. The van der Waals surface area contributed by atoms with E-state index in [1.165, 1.54) is 33.3 Å². The van der Waals surface area contributed by atoms with Gasteiger partial charge in [-0.25, -0.2) is 9.79 Å². The Morgan fingerprint density at radius 2 is 1.69 bits per heavy atom. The molecule has 4 rings (SSSR count). The second-order valence-corrected chi connectivity index (χ2v) is 8.96. The Balaban J connectivity index is 2.10. The summed E-state index contributed by atoms with van der Waals surface area (Å²) in [7, 11) is 7.35. The number of fused-ring (bicyclic) bond motifs is 2. The molecule has 0 saturated heterocycles. The number of benzene rings is 2. The number of ether oxygens (including phenoxy) is 5. The molecule has 0 fully saturated rings. The topological polar surface area (TPSA) is 95.9 Å². The maximum Gasteiger partial charge on any atom is 0.361 e. The van der Waals surface area contributed by atoms with Crippen LogP contribution in [0.15, 0.2) is 35.3 Å². The van der Waals surface area contributed by atoms with E-state index in [1.54, 1.807) is 51.2 Å². The van der Waals surface area contributed by atoms with E-state index < -0.39 is 29.1 Å². The molecule has 2 atom stereocenters. The number of hydrogen-bond donors (Lipinski definition) is 0. The van der Waals surface area contributed by atoms with Crippen molar-refractivity contribution in [1.29, 1.82) is 0 Å². The normalized spacial score (nSPS) is 22.9. The molecule has 10 heteroatoms. The molecule has 0 bridgehead atoms. The second kappa shape index (κ2) is 8.73. The van der Waals surface area contributed by atoms with Gasteiger partial charge in [-0.05, 0) is 30.3 Å². The molecule has 35 heavy (non-hydrogen) atoms. The average Bonchev–Trinajstić information content (AvgIpc) is 3.33. The van der Waals surface area contributed by atoms with E-state index in [2.05, 4.69) is 0 Å². The summed E-state index contributed by atoms with van der Waals surface area (Å²) in [6.07, 6.45) is 0. The van der Waals surface area contributed by atoms with Crippen LogP contribution in [0.1, 0.15) is 25.0 Å². The SMILES string of the molecule is COC(=O)[C@@]1(C(C)C)N=C(c2cc(OC)c(OC)c(OC)c2)[C@]2(O1)C(=O)N(C)c1ccc(Cl)cc12. The molecule has 0 aromatic heterocycles. The highest BCUT2D eigenvalue weighted by Gasteiger charge is 2.66. The molecule has 1 spiro atoms. The highest BCUT2D eigenvalue weighted by Crippen LogP contribution is 2.54. The van der Waals surface area contributed by atoms with Crippen molar-refractivity contribution in [2.75, 3.05) is 40.4 Å². The minimum absolute atomic E-state index is 0.203. The lowest BCUT2D eigenvalue weighted by molar-refractivity contribution is -0.187. The number of nitrogens with zero attached hydrogens (tertiary/aromatic N) is 2. The summed E-state index contributed by atoms with van der Waals surface area (Å²) in [5, 5.41) is 0.402. The fourth-order valence-electron chi connectivity index (χ4n) is 4.62. The molecule has 2 aromatic rings. The van der Waals surface area contributed by atoms with Crippen LogP contribution >= 0.6 is 11.6 Å². The van der Waals surface area contributed by atoms with Gasteiger partial charge in [-0.1, -0.05) is 25.4 Å². The maximum atomic E-state index is 14.0. The number of amides is 1. The summed E-state index contributed by atoms with van der Waals surface area (Å²) in [5.74, 6) is -0.551. The number of carbonyl (C=O) groups excluding carboxylic acids is 2. The summed E-state index contributed by atoms with van der Waals surface area (Å²) in [4.78, 5) is 33.4. The molecule has 1 amide bonds. The molecule has 2 aromatic carbocycles. The lowest BCUT2D eigenvalue weighted by Crippen LogP contribution is -2.51. The Morgan fingerprint density at radius 1 is 1.06 bits per heavy atom. The summed E-state index contributed by atoms with van der Waals surface area (Å²) < 4.78 is 28.1. The van der Waals surface area contributed by atoms with Gasteiger partial charge in [0.05, 0.1) is 39.8 Å². The number of likely N-dealkylation sites (N-methyl/N-ethyl adjacent to an activating group) is 1. The first kappa shape index (κ1) is 24.8. The van der Waals surface area contributed by atoms with Crippen LogP contribution < -0.4 is 19.1 Å². The third-order valence-corrected chi connectivity index (χ3v) is 6.66. The lowest BCUT2D eigenvalue weighted by Gasteiger charge is -2.32. The predicted octanol–water partition coefficient (Wildman–Crippen LogP) is 3.58. The third kappa shape index (κ3) is 3.36. The van der Waals surface area contributed by atoms with Gasteiger partial charge in [0.1, 0.15) is 0 Å². The molecule has 2 aliphatic rings. The number of hydrogen-bond acceptors (Lipinski definition) is 8. The van der Waals surface area contributed by atoms with Gasteiger partial charge >= 0.3 is 5.97 Å². The highest BCUT2D eigenvalue weighted by molar-refractivity contribution is 6.32. The lowest BCUT2D eigenvalue weighted by atomic mass is 9.86. The minimum atomic E-state index is -1.79. The number of aliphatic imine (C=N–C) groups is 1. The second-order valence-electron chi connectivity index (χ2n) is 8.53. The predicted molar refractivity (Wildman–Crippen MR) is 130 cm³/mol. The van der Waals surface area contributed by atoms with Gasteiger partial charge in [-0.3, -0.25) is 4.79 Å². The summed E-state index contributed by atoms with van der Waals surface area (Å²) in [6, 6.07) is 8.39. The first-order valence-electron chi connectivity index (χ1n) is 10.9. The van der Waals surface area contributed by atoms with Crippen LogP contribution in [0.5, 0.6) is 17.2 Å². The zero-order chi connectivity index (χ0) is 25.7. The van der Waals surface area contributed by atoms with Crippen LogP contribution in [-0.2, 0) is 24.7 Å². The number of halogens is 1. The van der Waals surface area contributed by atoms with Gasteiger partial charge in [0.2, 0.25) is 11.4 Å². The zero-order valence-electron chi connectivity index (χ0n) is 20.6. The van der Waals surface area contributed by atoms with Crippen molar-refractivity contribution in [3.63, 3.8) is 0 Å². The van der Waals surface area contributed by atoms with Crippen LogP contribution in [0.4, 0.5) is 5.69 Å². The Bertz CT molecular complexity index is 1220. The van der Waals surface area contributed by atoms with Crippen molar-refractivity contribution in [2.24, 2.45) is 10.9 Å². The third-order valence-electron chi connectivity index (χ3n) is 6.42. The first-order chi connectivity index (χ1) is 16.6. The zero-order valence-corrected chi connectivity index (χ0v) is 21.4. The van der Waals surface area contributed by atoms with Gasteiger partial charge < -0.3 is 28.6 Å². The van der Waals surface area contributed by atoms with E-state index in [4.69, 9.17) is 40.3 Å². The highest BCUT2D eigenvalue weighted by atomic mass is 35.5. The Morgan fingerprint density at radius 3 is 2.20 bits per heavy atom. The molecule has 0 radical (unpaired) electrons. The molecular formula is C25H27ClN2O7. The van der Waals surface area contributed by atoms with Crippen molar-refractivity contribution in [3.8, 4) is 17.2 Å². The molecule has 9 nitrogen and oxygen atoms in total. The van der Waals surface area contributed by atoms with Crippen LogP contribution in [0.25, 0.3) is 0 Å². The summed E-state index contributed by atoms with van der Waals surface area (Å²) in [6.45, 7) is 3.54. The van der Waals surface area contributed by atoms with E-state index in [-0.39, 0.29) is 5.71 Å². The number of carbonyl (C=O) groups is 2. The largest absolute Gasteiger partial charge is 0.493 e. The number of rotatable bonds is 6. The summed E-state index contributed by atoms with van der Waals surface area (Å²) in [5.41, 5.74) is -1.85. The molecule has 0 saturated carbocycles. The van der Waals surface area contributed by atoms with E-state index >= 15 is 0 Å². The molecule has 2 aliphatic heterocycles. The average molecular weight is 503 g/mol. The number of esters is 1. The van der Waals surface area contributed by atoms with Gasteiger partial charge in [0.25, 0.3) is 11.6 Å². The monoisotopic (exact) mass is 502 g/mol. The van der Waals surface area contributed by atoms with Crippen LogP contribution in [0.2, 0.25) is 5.02 Å². The fourth-order valence-corrected chi connectivity index (χ4v) is 4.79. The van der Waals surface area contributed by atoms with Gasteiger partial charge in [0.15, 0.2) is 11.5 Å². The molecule has 0 aliphatic carbocycles. The Hall–Kier alpha value is -3.30. The minimum Gasteiger partial charge on any atom is -0.493 e. The molecule has 0 unspecified atom stereocenters. The van der Waals surface area contributed by atoms with E-state index in [9.17, 15) is 9.59 Å². The first-order valence-corrected chi connectivity index (χ1v) is 11.3. The van der Waals surface area contributed by atoms with Gasteiger partial charge in [-0.2, -0.15) is 0 Å². The molecule has 0 N–H and O–H groups in total.